The summed E-state index contributed by atoms with van der Waals surface area (Å²) in [6.07, 6.45) is 6.15. The molecule has 0 radical (unpaired) electrons. The van der Waals surface area contributed by atoms with E-state index in [1.807, 2.05) is 18.5 Å². The zero-order valence-electron chi connectivity index (χ0n) is 8.69. The molecular weight excluding hydrogens is 192 g/mol. The van der Waals surface area contributed by atoms with E-state index in [1.54, 1.807) is 0 Å². The molecule has 0 unspecified atom stereocenters. The number of hydrogen-bond acceptors (Lipinski definition) is 3. The summed E-state index contributed by atoms with van der Waals surface area (Å²) in [6, 6.07) is 4.10. The smallest absolute Gasteiger partial charge is 0.0312 e. The van der Waals surface area contributed by atoms with E-state index in [1.165, 1.54) is 18.4 Å². The predicted octanol–water partition coefficient (Wildman–Crippen LogP) is 2.22. The van der Waals surface area contributed by atoms with E-state index in [-0.39, 0.29) is 0 Å². The summed E-state index contributed by atoms with van der Waals surface area (Å²) in [5.74, 6) is 0.987. The fourth-order valence-electron chi connectivity index (χ4n) is 1.38. The maximum Gasteiger partial charge on any atom is 0.0312 e. The number of thiol groups is 1. The lowest BCUT2D eigenvalue weighted by Gasteiger charge is -2.15. The van der Waals surface area contributed by atoms with Crippen molar-refractivity contribution in [3.8, 4) is 0 Å². The van der Waals surface area contributed by atoms with Crippen LogP contribution < -0.4 is 0 Å². The molecule has 0 saturated carbocycles. The third kappa shape index (κ3) is 4.63. The molecular formula is C11H18N2S. The molecule has 0 N–H and O–H groups in total. The van der Waals surface area contributed by atoms with Crippen LogP contribution in [0.3, 0.4) is 0 Å². The third-order valence-electron chi connectivity index (χ3n) is 2.12. The largest absolute Gasteiger partial charge is 0.302 e. The Morgan fingerprint density at radius 3 is 2.93 bits per heavy atom. The van der Waals surface area contributed by atoms with Gasteiger partial charge in [-0.25, -0.2) is 0 Å². The van der Waals surface area contributed by atoms with Crippen molar-refractivity contribution in [1.29, 1.82) is 0 Å². The van der Waals surface area contributed by atoms with Gasteiger partial charge in [0.15, 0.2) is 0 Å². The van der Waals surface area contributed by atoms with Crippen molar-refractivity contribution in [2.24, 2.45) is 0 Å². The highest BCUT2D eigenvalue weighted by atomic mass is 32.1. The summed E-state index contributed by atoms with van der Waals surface area (Å²) in [5, 5.41) is 0. The second kappa shape index (κ2) is 6.85. The highest BCUT2D eigenvalue weighted by Gasteiger charge is 1.99. The monoisotopic (exact) mass is 210 g/mol. The van der Waals surface area contributed by atoms with Crippen LogP contribution in [-0.2, 0) is 6.54 Å². The summed E-state index contributed by atoms with van der Waals surface area (Å²) in [7, 11) is 2.14. The lowest BCUT2D eigenvalue weighted by Crippen LogP contribution is -2.19. The van der Waals surface area contributed by atoms with Crippen molar-refractivity contribution < 1.29 is 0 Å². The maximum absolute atomic E-state index is 4.19. The zero-order chi connectivity index (χ0) is 10.2. The van der Waals surface area contributed by atoms with E-state index in [4.69, 9.17) is 0 Å². The van der Waals surface area contributed by atoms with Crippen molar-refractivity contribution >= 4 is 12.6 Å². The Labute approximate surface area is 91.8 Å². The summed E-state index contributed by atoms with van der Waals surface area (Å²) in [4.78, 5) is 6.42. The van der Waals surface area contributed by atoms with Gasteiger partial charge in [-0.3, -0.25) is 4.98 Å². The fraction of sp³-hybridized carbons (Fsp3) is 0.545. The molecule has 1 heterocycles. The Bertz CT molecular complexity index is 238. The quantitative estimate of drug-likeness (QED) is 0.572. The van der Waals surface area contributed by atoms with Gasteiger partial charge >= 0.3 is 0 Å². The molecule has 0 saturated heterocycles. The average molecular weight is 210 g/mol. The van der Waals surface area contributed by atoms with Gasteiger partial charge in [0.05, 0.1) is 0 Å². The van der Waals surface area contributed by atoms with Crippen LogP contribution in [0.25, 0.3) is 0 Å². The highest BCUT2D eigenvalue weighted by molar-refractivity contribution is 7.80. The Kier molecular flexibility index (Phi) is 5.64. The number of pyridine rings is 1. The molecule has 3 heteroatoms. The fourth-order valence-corrected chi connectivity index (χ4v) is 1.60. The normalized spacial score (nSPS) is 10.8. The SMILES string of the molecule is CN(CCCCS)Cc1cccnc1. The molecule has 1 rings (SSSR count). The van der Waals surface area contributed by atoms with Gasteiger partial charge in [-0.05, 0) is 43.8 Å². The zero-order valence-corrected chi connectivity index (χ0v) is 9.58. The standard InChI is InChI=1S/C11H18N2S/c1-13(7-2-3-8-14)10-11-5-4-6-12-9-11/h4-6,9,14H,2-3,7-8,10H2,1H3. The molecule has 0 bridgehead atoms. The number of hydrogen-bond donors (Lipinski definition) is 1. The van der Waals surface area contributed by atoms with E-state index in [0.29, 0.717) is 0 Å². The topological polar surface area (TPSA) is 16.1 Å². The first-order valence-electron chi connectivity index (χ1n) is 5.01. The van der Waals surface area contributed by atoms with Crippen LogP contribution in [0.5, 0.6) is 0 Å². The molecule has 0 fully saturated rings. The summed E-state index contributed by atoms with van der Waals surface area (Å²) >= 11 is 4.19. The van der Waals surface area contributed by atoms with Crippen LogP contribution >= 0.6 is 12.6 Å². The second-order valence-electron chi connectivity index (χ2n) is 3.53. The lowest BCUT2D eigenvalue weighted by molar-refractivity contribution is 0.321. The molecule has 2 nitrogen and oxygen atoms in total. The Balaban J connectivity index is 2.23. The lowest BCUT2D eigenvalue weighted by atomic mass is 10.2. The Hall–Kier alpha value is -0.540. The van der Waals surface area contributed by atoms with Crippen LogP contribution in [0.4, 0.5) is 0 Å². The summed E-state index contributed by atoms with van der Waals surface area (Å²) in [6.45, 7) is 2.12. The highest BCUT2D eigenvalue weighted by Crippen LogP contribution is 2.02. The van der Waals surface area contributed by atoms with Crippen LogP contribution in [0.2, 0.25) is 0 Å². The average Bonchev–Trinajstić information content (AvgIpc) is 2.20. The summed E-state index contributed by atoms with van der Waals surface area (Å²) in [5.41, 5.74) is 1.28. The van der Waals surface area contributed by atoms with Gasteiger partial charge in [-0.15, -0.1) is 0 Å². The van der Waals surface area contributed by atoms with Crippen LogP contribution in [0, 0.1) is 0 Å². The maximum atomic E-state index is 4.19. The third-order valence-corrected chi connectivity index (χ3v) is 2.44. The second-order valence-corrected chi connectivity index (χ2v) is 3.98. The van der Waals surface area contributed by atoms with Crippen molar-refractivity contribution in [3.05, 3.63) is 30.1 Å². The van der Waals surface area contributed by atoms with E-state index in [0.717, 1.165) is 18.8 Å². The van der Waals surface area contributed by atoms with Crippen molar-refractivity contribution in [1.82, 2.24) is 9.88 Å². The molecule has 0 amide bonds. The van der Waals surface area contributed by atoms with Gasteiger partial charge in [0.1, 0.15) is 0 Å². The van der Waals surface area contributed by atoms with E-state index in [2.05, 4.69) is 35.6 Å². The van der Waals surface area contributed by atoms with Gasteiger partial charge in [-0.1, -0.05) is 6.07 Å². The molecule has 0 atom stereocenters. The van der Waals surface area contributed by atoms with Gasteiger partial charge < -0.3 is 4.90 Å². The van der Waals surface area contributed by atoms with Gasteiger partial charge in [0.2, 0.25) is 0 Å². The minimum atomic E-state index is 0.987. The molecule has 0 aliphatic rings. The minimum Gasteiger partial charge on any atom is -0.302 e. The molecule has 0 aromatic carbocycles. The van der Waals surface area contributed by atoms with Crippen molar-refractivity contribution in [2.45, 2.75) is 19.4 Å². The summed E-state index contributed by atoms with van der Waals surface area (Å²) < 4.78 is 0. The van der Waals surface area contributed by atoms with Gasteiger partial charge in [-0.2, -0.15) is 12.6 Å². The number of aromatic nitrogens is 1. The van der Waals surface area contributed by atoms with Gasteiger partial charge in [0, 0.05) is 18.9 Å². The van der Waals surface area contributed by atoms with Crippen LogP contribution in [0.15, 0.2) is 24.5 Å². The first kappa shape index (κ1) is 11.5. The molecule has 1 aromatic rings. The molecule has 14 heavy (non-hydrogen) atoms. The number of unbranched alkanes of at least 4 members (excludes halogenated alkanes) is 1. The molecule has 1 aromatic heterocycles. The molecule has 0 aliphatic carbocycles. The molecule has 0 spiro atoms. The van der Waals surface area contributed by atoms with E-state index in [9.17, 15) is 0 Å². The molecule has 0 aliphatic heterocycles. The molecule has 78 valence electrons. The number of nitrogens with zero attached hydrogens (tertiary/aromatic N) is 2. The van der Waals surface area contributed by atoms with Gasteiger partial charge in [0.25, 0.3) is 0 Å². The van der Waals surface area contributed by atoms with Crippen molar-refractivity contribution in [3.63, 3.8) is 0 Å². The van der Waals surface area contributed by atoms with E-state index < -0.39 is 0 Å². The minimum absolute atomic E-state index is 0.987. The Morgan fingerprint density at radius 2 is 2.29 bits per heavy atom. The predicted molar refractivity (Wildman–Crippen MR) is 63.7 cm³/mol. The van der Waals surface area contributed by atoms with Crippen LogP contribution in [-0.4, -0.2) is 29.2 Å². The van der Waals surface area contributed by atoms with E-state index >= 15 is 0 Å². The Morgan fingerprint density at radius 1 is 1.43 bits per heavy atom. The number of rotatable bonds is 6. The first-order valence-corrected chi connectivity index (χ1v) is 5.64. The van der Waals surface area contributed by atoms with Crippen LogP contribution in [0.1, 0.15) is 18.4 Å². The van der Waals surface area contributed by atoms with Crippen molar-refractivity contribution in [2.75, 3.05) is 19.3 Å². The first-order chi connectivity index (χ1) is 6.83.